The summed E-state index contributed by atoms with van der Waals surface area (Å²) in [7, 11) is 1.59. The molecule has 6 heteroatoms. The molecule has 5 nitrogen and oxygen atoms in total. The molecular weight excluding hydrogens is 316 g/mol. The van der Waals surface area contributed by atoms with Crippen molar-refractivity contribution in [1.82, 2.24) is 9.55 Å². The summed E-state index contributed by atoms with van der Waals surface area (Å²) in [5.41, 5.74) is 1.38. The van der Waals surface area contributed by atoms with Gasteiger partial charge in [-0.25, -0.2) is 9.78 Å². The van der Waals surface area contributed by atoms with E-state index in [1.807, 2.05) is 24.3 Å². The Morgan fingerprint density at radius 1 is 1.17 bits per heavy atom. The summed E-state index contributed by atoms with van der Waals surface area (Å²) < 4.78 is 6.84. The van der Waals surface area contributed by atoms with Crippen molar-refractivity contribution in [3.63, 3.8) is 0 Å². The van der Waals surface area contributed by atoms with Crippen molar-refractivity contribution < 1.29 is 14.6 Å². The lowest BCUT2D eigenvalue weighted by Crippen LogP contribution is -1.96. The fourth-order valence-electron chi connectivity index (χ4n) is 2.26. The van der Waals surface area contributed by atoms with Crippen LogP contribution in [0.3, 0.4) is 0 Å². The predicted octanol–water partition coefficient (Wildman–Crippen LogP) is 3.90. The molecule has 2 aromatic carbocycles. The highest BCUT2D eigenvalue weighted by Crippen LogP contribution is 2.29. The number of aromatic carboxylic acids is 1. The molecule has 0 saturated carbocycles. The van der Waals surface area contributed by atoms with E-state index in [0.29, 0.717) is 22.2 Å². The van der Waals surface area contributed by atoms with Crippen LogP contribution in [0.5, 0.6) is 5.75 Å². The van der Waals surface area contributed by atoms with Crippen molar-refractivity contribution in [2.75, 3.05) is 7.11 Å². The number of benzene rings is 2. The van der Waals surface area contributed by atoms with Crippen LogP contribution in [-0.2, 0) is 0 Å². The molecule has 116 valence electrons. The molecule has 23 heavy (non-hydrogen) atoms. The van der Waals surface area contributed by atoms with Gasteiger partial charge in [-0.1, -0.05) is 23.7 Å². The molecule has 0 atom stereocenters. The minimum absolute atomic E-state index is 0.0456. The monoisotopic (exact) mass is 328 g/mol. The second-order valence-electron chi connectivity index (χ2n) is 4.80. The summed E-state index contributed by atoms with van der Waals surface area (Å²) in [6.45, 7) is 0. The number of hydrogen-bond donors (Lipinski definition) is 1. The fourth-order valence-corrected chi connectivity index (χ4v) is 2.48. The zero-order valence-electron chi connectivity index (χ0n) is 12.2. The van der Waals surface area contributed by atoms with Crippen molar-refractivity contribution in [2.24, 2.45) is 0 Å². The van der Waals surface area contributed by atoms with Gasteiger partial charge in [0, 0.05) is 17.4 Å². The molecule has 0 aliphatic carbocycles. The molecule has 0 radical (unpaired) electrons. The number of carboxylic acid groups (broad SMARTS) is 1. The summed E-state index contributed by atoms with van der Waals surface area (Å²) in [4.78, 5) is 15.5. The number of hydrogen-bond acceptors (Lipinski definition) is 3. The van der Waals surface area contributed by atoms with Gasteiger partial charge >= 0.3 is 5.97 Å². The van der Waals surface area contributed by atoms with Gasteiger partial charge in [-0.3, -0.25) is 4.57 Å². The molecule has 0 spiro atoms. The number of methoxy groups -OCH3 is 1. The van der Waals surface area contributed by atoms with Crippen LogP contribution in [0, 0.1) is 0 Å². The number of imidazole rings is 1. The smallest absolute Gasteiger partial charge is 0.356 e. The van der Waals surface area contributed by atoms with Gasteiger partial charge in [-0.2, -0.15) is 0 Å². The van der Waals surface area contributed by atoms with Crippen LogP contribution < -0.4 is 4.74 Å². The van der Waals surface area contributed by atoms with Crippen molar-refractivity contribution in [3.8, 4) is 22.8 Å². The van der Waals surface area contributed by atoms with Gasteiger partial charge in [-0.05, 0) is 36.4 Å². The summed E-state index contributed by atoms with van der Waals surface area (Å²) >= 11 is 6.23. The first-order valence-corrected chi connectivity index (χ1v) is 7.20. The number of carbonyl (C=O) groups is 1. The van der Waals surface area contributed by atoms with Crippen molar-refractivity contribution in [3.05, 3.63) is 65.4 Å². The van der Waals surface area contributed by atoms with E-state index in [1.165, 1.54) is 6.20 Å². The third-order valence-corrected chi connectivity index (χ3v) is 3.72. The van der Waals surface area contributed by atoms with E-state index in [-0.39, 0.29) is 5.69 Å². The zero-order chi connectivity index (χ0) is 16.4. The molecule has 1 aromatic heterocycles. The van der Waals surface area contributed by atoms with Crippen LogP contribution in [0.25, 0.3) is 17.1 Å². The number of carboxylic acids is 1. The molecule has 0 fully saturated rings. The van der Waals surface area contributed by atoms with Gasteiger partial charge in [0.1, 0.15) is 11.6 Å². The molecule has 0 unspecified atom stereocenters. The van der Waals surface area contributed by atoms with Crippen LogP contribution >= 0.6 is 11.6 Å². The molecule has 0 aliphatic heterocycles. The largest absolute Gasteiger partial charge is 0.497 e. The van der Waals surface area contributed by atoms with Gasteiger partial charge < -0.3 is 9.84 Å². The lowest BCUT2D eigenvalue weighted by molar-refractivity contribution is 0.0691. The second-order valence-corrected chi connectivity index (χ2v) is 5.21. The first-order valence-electron chi connectivity index (χ1n) is 6.82. The zero-order valence-corrected chi connectivity index (χ0v) is 13.0. The molecule has 0 aliphatic rings. The number of nitrogens with zero attached hydrogens (tertiary/aromatic N) is 2. The molecule has 1 N–H and O–H groups in total. The maximum Gasteiger partial charge on any atom is 0.356 e. The van der Waals surface area contributed by atoms with Gasteiger partial charge in [0.2, 0.25) is 0 Å². The molecule has 3 aromatic rings. The Kier molecular flexibility index (Phi) is 4.04. The summed E-state index contributed by atoms with van der Waals surface area (Å²) in [6, 6.07) is 14.4. The molecule has 0 bridgehead atoms. The molecule has 3 rings (SSSR count). The highest BCUT2D eigenvalue weighted by molar-refractivity contribution is 6.33. The van der Waals surface area contributed by atoms with E-state index in [2.05, 4.69) is 4.98 Å². The maximum atomic E-state index is 11.3. The highest BCUT2D eigenvalue weighted by Gasteiger charge is 2.17. The number of halogens is 1. The topological polar surface area (TPSA) is 64.3 Å². The van der Waals surface area contributed by atoms with Crippen molar-refractivity contribution >= 4 is 17.6 Å². The summed E-state index contributed by atoms with van der Waals surface area (Å²) in [5, 5.41) is 9.74. The highest BCUT2D eigenvalue weighted by atomic mass is 35.5. The SMILES string of the molecule is COc1ccc(-n2cc(C(=O)O)nc2-c2ccccc2Cl)cc1. The lowest BCUT2D eigenvalue weighted by Gasteiger charge is -2.09. The van der Waals surface area contributed by atoms with E-state index in [9.17, 15) is 9.90 Å². The van der Waals surface area contributed by atoms with Crippen LogP contribution in [0.4, 0.5) is 0 Å². The predicted molar refractivity (Wildman–Crippen MR) is 87.5 cm³/mol. The fraction of sp³-hybridized carbons (Fsp3) is 0.0588. The second kappa shape index (κ2) is 6.14. The van der Waals surface area contributed by atoms with Gasteiger partial charge in [0.05, 0.1) is 12.1 Å². The number of rotatable bonds is 4. The Morgan fingerprint density at radius 2 is 1.87 bits per heavy atom. The maximum absolute atomic E-state index is 11.3. The first-order chi connectivity index (χ1) is 11.1. The lowest BCUT2D eigenvalue weighted by atomic mass is 10.2. The van der Waals surface area contributed by atoms with Gasteiger partial charge in [0.15, 0.2) is 5.69 Å². The number of aromatic nitrogens is 2. The van der Waals surface area contributed by atoms with Crippen molar-refractivity contribution in [1.29, 1.82) is 0 Å². The number of ether oxygens (including phenoxy) is 1. The third-order valence-electron chi connectivity index (χ3n) is 3.39. The Labute approximate surface area is 137 Å². The third kappa shape index (κ3) is 2.91. The normalized spacial score (nSPS) is 10.5. The Hall–Kier alpha value is -2.79. The van der Waals surface area contributed by atoms with E-state index < -0.39 is 5.97 Å². The van der Waals surface area contributed by atoms with E-state index in [0.717, 1.165) is 5.69 Å². The van der Waals surface area contributed by atoms with Gasteiger partial charge in [-0.15, -0.1) is 0 Å². The van der Waals surface area contributed by atoms with Crippen LogP contribution in [0.1, 0.15) is 10.5 Å². The van der Waals surface area contributed by atoms with E-state index >= 15 is 0 Å². The molecule has 1 heterocycles. The Bertz CT molecular complexity index is 857. The minimum Gasteiger partial charge on any atom is -0.497 e. The van der Waals surface area contributed by atoms with E-state index in [1.54, 1.807) is 35.9 Å². The molecular formula is C17H13ClN2O3. The molecule has 0 saturated heterocycles. The van der Waals surface area contributed by atoms with Crippen LogP contribution in [0.15, 0.2) is 54.7 Å². The minimum atomic E-state index is -1.09. The first kappa shape index (κ1) is 15.1. The Balaban J connectivity index is 2.18. The molecule has 0 amide bonds. The Morgan fingerprint density at radius 3 is 2.48 bits per heavy atom. The van der Waals surface area contributed by atoms with E-state index in [4.69, 9.17) is 16.3 Å². The van der Waals surface area contributed by atoms with Crippen LogP contribution in [-0.4, -0.2) is 27.7 Å². The summed E-state index contributed by atoms with van der Waals surface area (Å²) in [5.74, 6) is 0.0929. The quantitative estimate of drug-likeness (QED) is 0.789. The van der Waals surface area contributed by atoms with Crippen molar-refractivity contribution in [2.45, 2.75) is 0 Å². The van der Waals surface area contributed by atoms with Gasteiger partial charge in [0.25, 0.3) is 0 Å². The van der Waals surface area contributed by atoms with Crippen LogP contribution in [0.2, 0.25) is 5.02 Å². The standard InChI is InChI=1S/C17H13ClN2O3/c1-23-12-8-6-11(7-9-12)20-10-15(17(21)22)19-16(20)13-4-2-3-5-14(13)18/h2-10H,1H3,(H,21,22). The average Bonchev–Trinajstić information content (AvgIpc) is 3.01. The summed E-state index contributed by atoms with van der Waals surface area (Å²) in [6.07, 6.45) is 1.48. The average molecular weight is 329 g/mol.